The number of guanidine groups is 1. The summed E-state index contributed by atoms with van der Waals surface area (Å²) in [7, 11) is 3.54. The molecule has 1 aliphatic rings. The Morgan fingerprint density at radius 1 is 1.38 bits per heavy atom. The summed E-state index contributed by atoms with van der Waals surface area (Å²) in [5, 5.41) is 11.7. The van der Waals surface area contributed by atoms with Crippen molar-refractivity contribution in [3.8, 4) is 0 Å². The summed E-state index contributed by atoms with van der Waals surface area (Å²) in [5.74, 6) is -0.853. The smallest absolute Gasteiger partial charge is 0.352 e. The van der Waals surface area contributed by atoms with Crippen LogP contribution in [0, 0.1) is 11.3 Å². The predicted octanol–water partition coefficient (Wildman–Crippen LogP) is 1.55. The summed E-state index contributed by atoms with van der Waals surface area (Å²) in [4.78, 5) is 29.0. The van der Waals surface area contributed by atoms with Gasteiger partial charge in [0, 0.05) is 26.6 Å². The molecule has 1 atom stereocenters. The molecule has 1 unspecified atom stereocenters. The molecule has 0 heterocycles. The lowest BCUT2D eigenvalue weighted by Crippen LogP contribution is -2.34. The van der Waals surface area contributed by atoms with Crippen LogP contribution in [0.5, 0.6) is 0 Å². The van der Waals surface area contributed by atoms with Crippen LogP contribution in [0.2, 0.25) is 0 Å². The molecule has 4 N–H and O–H groups in total. The van der Waals surface area contributed by atoms with Crippen LogP contribution in [-0.4, -0.2) is 48.5 Å². The molecular formula is C17H30N4O3. The van der Waals surface area contributed by atoms with Crippen LogP contribution in [0.15, 0.2) is 16.8 Å². The first-order valence-electron chi connectivity index (χ1n) is 8.36. The van der Waals surface area contributed by atoms with Crippen molar-refractivity contribution in [3.05, 3.63) is 11.8 Å². The fourth-order valence-corrected chi connectivity index (χ4v) is 2.53. The van der Waals surface area contributed by atoms with Crippen molar-refractivity contribution in [2.45, 2.75) is 46.0 Å². The van der Waals surface area contributed by atoms with Crippen LogP contribution in [0.1, 0.15) is 46.0 Å². The molecule has 0 aromatic heterocycles. The van der Waals surface area contributed by atoms with E-state index in [4.69, 9.17) is 5.73 Å². The molecular weight excluding hydrogens is 308 g/mol. The van der Waals surface area contributed by atoms with E-state index in [1.807, 2.05) is 25.8 Å². The first-order valence-corrected chi connectivity index (χ1v) is 8.36. The second-order valence-electron chi connectivity index (χ2n) is 7.01. The van der Waals surface area contributed by atoms with Crippen LogP contribution in [-0.2, 0) is 9.59 Å². The number of carbonyl (C=O) groups is 2. The molecule has 1 rings (SSSR count). The van der Waals surface area contributed by atoms with E-state index < -0.39 is 5.97 Å². The van der Waals surface area contributed by atoms with Crippen LogP contribution < -0.4 is 11.1 Å². The Balaban J connectivity index is 2.31. The summed E-state index contributed by atoms with van der Waals surface area (Å²) in [6.45, 7) is 4.83. The molecule has 0 aromatic rings. The Morgan fingerprint density at radius 3 is 2.50 bits per heavy atom. The number of aliphatic carboxylic acids is 1. The minimum absolute atomic E-state index is 0.0106. The highest BCUT2D eigenvalue weighted by Gasteiger charge is 2.50. The predicted molar refractivity (Wildman–Crippen MR) is 94.4 cm³/mol. The summed E-state index contributed by atoms with van der Waals surface area (Å²) in [6.07, 6.45) is 5.79. The SMILES string of the molecule is CN=C(N)N(C)CCCCCC=C(NC(=O)C1CC1(C)C)C(=O)O. The number of hydrogen-bond acceptors (Lipinski definition) is 3. The Hall–Kier alpha value is -2.05. The number of nitrogens with two attached hydrogens (primary N) is 1. The Labute approximate surface area is 144 Å². The van der Waals surface area contributed by atoms with Crippen LogP contribution in [0.25, 0.3) is 0 Å². The van der Waals surface area contributed by atoms with Gasteiger partial charge in [0.15, 0.2) is 5.96 Å². The Kier molecular flexibility index (Phi) is 7.25. The number of rotatable bonds is 9. The third-order valence-electron chi connectivity index (χ3n) is 4.48. The van der Waals surface area contributed by atoms with Gasteiger partial charge in [-0.3, -0.25) is 9.79 Å². The Morgan fingerprint density at radius 2 is 2.00 bits per heavy atom. The fourth-order valence-electron chi connectivity index (χ4n) is 2.53. The van der Waals surface area contributed by atoms with E-state index in [9.17, 15) is 14.7 Å². The molecule has 136 valence electrons. The van der Waals surface area contributed by atoms with Crippen molar-refractivity contribution in [1.29, 1.82) is 0 Å². The maximum Gasteiger partial charge on any atom is 0.352 e. The number of hydrogen-bond donors (Lipinski definition) is 3. The van der Waals surface area contributed by atoms with Crippen LogP contribution in [0.3, 0.4) is 0 Å². The normalized spacial score (nSPS) is 19.8. The third-order valence-corrected chi connectivity index (χ3v) is 4.48. The van der Waals surface area contributed by atoms with Crippen molar-refractivity contribution in [2.75, 3.05) is 20.6 Å². The average Bonchev–Trinajstić information content (AvgIpc) is 3.16. The molecule has 1 saturated carbocycles. The zero-order valence-corrected chi connectivity index (χ0v) is 15.1. The lowest BCUT2D eigenvalue weighted by Gasteiger charge is -2.17. The molecule has 1 amide bonds. The van der Waals surface area contributed by atoms with Crippen LogP contribution >= 0.6 is 0 Å². The lowest BCUT2D eigenvalue weighted by molar-refractivity contribution is -0.135. The van der Waals surface area contributed by atoms with Gasteiger partial charge in [0.25, 0.3) is 0 Å². The molecule has 7 heteroatoms. The molecule has 0 spiro atoms. The van der Waals surface area contributed by atoms with E-state index in [0.717, 1.165) is 32.2 Å². The van der Waals surface area contributed by atoms with E-state index in [1.54, 1.807) is 13.1 Å². The number of nitrogens with one attached hydrogen (secondary N) is 1. The lowest BCUT2D eigenvalue weighted by atomic mass is 10.1. The zero-order chi connectivity index (χ0) is 18.3. The first kappa shape index (κ1) is 20.0. The van der Waals surface area contributed by atoms with Crippen LogP contribution in [0.4, 0.5) is 0 Å². The van der Waals surface area contributed by atoms with Gasteiger partial charge in [-0.15, -0.1) is 0 Å². The monoisotopic (exact) mass is 338 g/mol. The van der Waals surface area contributed by atoms with Gasteiger partial charge >= 0.3 is 5.97 Å². The summed E-state index contributed by atoms with van der Waals surface area (Å²) >= 11 is 0. The molecule has 0 aliphatic heterocycles. The molecule has 0 saturated heterocycles. The minimum Gasteiger partial charge on any atom is -0.477 e. The van der Waals surface area contributed by atoms with Gasteiger partial charge in [-0.05, 0) is 31.1 Å². The van der Waals surface area contributed by atoms with Gasteiger partial charge in [0.05, 0.1) is 0 Å². The van der Waals surface area contributed by atoms with Crippen molar-refractivity contribution in [2.24, 2.45) is 22.1 Å². The molecule has 1 aliphatic carbocycles. The summed E-state index contributed by atoms with van der Waals surface area (Å²) < 4.78 is 0. The topological polar surface area (TPSA) is 108 Å². The van der Waals surface area contributed by atoms with E-state index in [2.05, 4.69) is 10.3 Å². The second-order valence-corrected chi connectivity index (χ2v) is 7.01. The first-order chi connectivity index (χ1) is 11.2. The third kappa shape index (κ3) is 6.22. The summed E-state index contributed by atoms with van der Waals surface area (Å²) in [5.41, 5.74) is 5.66. The van der Waals surface area contributed by atoms with Crippen molar-refractivity contribution >= 4 is 17.8 Å². The maximum atomic E-state index is 12.0. The van der Waals surface area contributed by atoms with Gasteiger partial charge in [-0.25, -0.2) is 4.79 Å². The number of carboxylic acid groups (broad SMARTS) is 1. The van der Waals surface area contributed by atoms with Crippen molar-refractivity contribution in [3.63, 3.8) is 0 Å². The van der Waals surface area contributed by atoms with E-state index in [-0.39, 0.29) is 22.9 Å². The number of nitrogens with zero attached hydrogens (tertiary/aromatic N) is 2. The number of amides is 1. The van der Waals surface area contributed by atoms with Gasteiger partial charge in [0.2, 0.25) is 5.91 Å². The average molecular weight is 338 g/mol. The minimum atomic E-state index is -1.09. The molecule has 24 heavy (non-hydrogen) atoms. The van der Waals surface area contributed by atoms with E-state index in [0.29, 0.717) is 12.4 Å². The van der Waals surface area contributed by atoms with E-state index >= 15 is 0 Å². The van der Waals surface area contributed by atoms with E-state index in [1.165, 1.54) is 0 Å². The standard InChI is InChI=1S/C17H30N4O3/c1-17(2)11-12(17)14(22)20-13(15(23)24)9-7-5-6-8-10-21(4)16(18)19-3/h9,12H,5-8,10-11H2,1-4H3,(H2,18,19)(H,20,22)(H,23,24). The summed E-state index contributed by atoms with van der Waals surface area (Å²) in [6, 6.07) is 0. The fraction of sp³-hybridized carbons (Fsp3) is 0.706. The Bertz CT molecular complexity index is 526. The molecule has 7 nitrogen and oxygen atoms in total. The van der Waals surface area contributed by atoms with Gasteiger partial charge < -0.3 is 21.1 Å². The van der Waals surface area contributed by atoms with Crippen molar-refractivity contribution < 1.29 is 14.7 Å². The zero-order valence-electron chi connectivity index (χ0n) is 15.1. The molecule has 1 fully saturated rings. The number of unbranched alkanes of at least 4 members (excludes halogenated alkanes) is 3. The quantitative estimate of drug-likeness (QED) is 0.256. The molecule has 0 radical (unpaired) electrons. The second kappa shape index (κ2) is 8.70. The molecule has 0 bridgehead atoms. The number of carbonyl (C=O) groups excluding carboxylic acids is 1. The highest BCUT2D eigenvalue weighted by Crippen LogP contribution is 2.51. The molecule has 0 aromatic carbocycles. The number of aliphatic imine (C=N–C) groups is 1. The number of allylic oxidation sites excluding steroid dienone is 1. The highest BCUT2D eigenvalue weighted by atomic mass is 16.4. The van der Waals surface area contributed by atoms with Crippen molar-refractivity contribution in [1.82, 2.24) is 10.2 Å². The number of carboxylic acids is 1. The highest BCUT2D eigenvalue weighted by molar-refractivity contribution is 5.94. The van der Waals surface area contributed by atoms with Gasteiger partial charge in [-0.1, -0.05) is 26.3 Å². The maximum absolute atomic E-state index is 12.0. The largest absolute Gasteiger partial charge is 0.477 e. The van der Waals surface area contributed by atoms with Gasteiger partial charge in [-0.2, -0.15) is 0 Å². The van der Waals surface area contributed by atoms with Gasteiger partial charge in [0.1, 0.15) is 5.70 Å².